The highest BCUT2D eigenvalue weighted by atomic mass is 32.1. The number of amides is 1. The van der Waals surface area contributed by atoms with Crippen LogP contribution in [0.4, 0.5) is 5.69 Å². The zero-order chi connectivity index (χ0) is 20.8. The lowest BCUT2D eigenvalue weighted by molar-refractivity contribution is -0.153. The largest absolute Gasteiger partial charge is 0.453 e. The summed E-state index contributed by atoms with van der Waals surface area (Å²) in [4.78, 5) is 40.3. The maximum Gasteiger partial charge on any atom is 0.306 e. The number of hydrogen-bond acceptors (Lipinski definition) is 6. The molecule has 3 aromatic rings. The molecule has 0 aliphatic heterocycles. The highest BCUT2D eigenvalue weighted by molar-refractivity contribution is 7.18. The molecule has 0 saturated carbocycles. The van der Waals surface area contributed by atoms with E-state index in [4.69, 9.17) is 4.74 Å². The smallest absolute Gasteiger partial charge is 0.306 e. The molecule has 1 atom stereocenters. The third kappa shape index (κ3) is 5.71. The van der Waals surface area contributed by atoms with Gasteiger partial charge in [-0.1, -0.05) is 24.3 Å². The third-order valence-electron chi connectivity index (χ3n) is 4.32. The molecule has 1 amide bonds. The SMILES string of the molecule is CC(=O)c1cccc(NC(=O)[C@@H](C)OC(=O)CCCc2nc3ccccc3s2)c1. The Balaban J connectivity index is 1.45. The summed E-state index contributed by atoms with van der Waals surface area (Å²) in [6.45, 7) is 2.98. The molecule has 0 spiro atoms. The van der Waals surface area contributed by atoms with Crippen LogP contribution in [0.5, 0.6) is 0 Å². The van der Waals surface area contributed by atoms with Crippen LogP contribution in [0, 0.1) is 0 Å². The Bertz CT molecular complexity index is 1010. The fraction of sp³-hybridized carbons (Fsp3) is 0.273. The topological polar surface area (TPSA) is 85.4 Å². The van der Waals surface area contributed by atoms with Gasteiger partial charge in [-0.15, -0.1) is 11.3 Å². The number of esters is 1. The van der Waals surface area contributed by atoms with E-state index in [9.17, 15) is 14.4 Å². The summed E-state index contributed by atoms with van der Waals surface area (Å²) in [6.07, 6.45) is 0.583. The van der Waals surface area contributed by atoms with Crippen molar-refractivity contribution in [3.8, 4) is 0 Å². The quantitative estimate of drug-likeness (QED) is 0.440. The highest BCUT2D eigenvalue weighted by Gasteiger charge is 2.18. The first kappa shape index (κ1) is 20.7. The Kier molecular flexibility index (Phi) is 6.72. The lowest BCUT2D eigenvalue weighted by atomic mass is 10.1. The van der Waals surface area contributed by atoms with Crippen LogP contribution in [-0.4, -0.2) is 28.7 Å². The standard InChI is InChI=1S/C22H22N2O4S/c1-14(25)16-7-5-8-17(13-16)23-22(27)15(2)28-21(26)12-6-11-20-24-18-9-3-4-10-19(18)29-20/h3-5,7-10,13,15H,6,11-12H2,1-2H3,(H,23,27)/t15-/m1/s1. The molecule has 0 bridgehead atoms. The summed E-state index contributed by atoms with van der Waals surface area (Å²) in [5.41, 5.74) is 1.96. The number of Topliss-reactive ketones (excluding diaryl/α,β-unsaturated/α-hetero) is 1. The van der Waals surface area contributed by atoms with E-state index in [-0.39, 0.29) is 12.2 Å². The first-order chi connectivity index (χ1) is 13.9. The van der Waals surface area contributed by atoms with Crippen molar-refractivity contribution in [2.24, 2.45) is 0 Å². The van der Waals surface area contributed by atoms with E-state index in [1.54, 1.807) is 35.6 Å². The van der Waals surface area contributed by atoms with Crippen molar-refractivity contribution in [3.05, 3.63) is 59.1 Å². The normalized spacial score (nSPS) is 11.8. The summed E-state index contributed by atoms with van der Waals surface area (Å²) in [5.74, 6) is -0.954. The lowest BCUT2D eigenvalue weighted by Crippen LogP contribution is -2.30. The Labute approximate surface area is 172 Å². The van der Waals surface area contributed by atoms with Crippen LogP contribution in [0.25, 0.3) is 10.2 Å². The van der Waals surface area contributed by atoms with E-state index in [1.807, 2.05) is 24.3 Å². The number of anilines is 1. The molecular weight excluding hydrogens is 388 g/mol. The molecule has 0 aliphatic rings. The number of nitrogens with zero attached hydrogens (tertiary/aromatic N) is 1. The number of thiazole rings is 1. The Morgan fingerprint density at radius 2 is 1.93 bits per heavy atom. The van der Waals surface area contributed by atoms with E-state index in [0.717, 1.165) is 15.2 Å². The fourth-order valence-corrected chi connectivity index (χ4v) is 3.79. The average Bonchev–Trinajstić information content (AvgIpc) is 3.10. The summed E-state index contributed by atoms with van der Waals surface area (Å²) >= 11 is 1.62. The first-order valence-electron chi connectivity index (χ1n) is 9.38. The number of aryl methyl sites for hydroxylation is 1. The number of hydrogen-bond donors (Lipinski definition) is 1. The van der Waals surface area contributed by atoms with Crippen LogP contribution in [0.1, 0.15) is 42.1 Å². The summed E-state index contributed by atoms with van der Waals surface area (Å²) < 4.78 is 6.35. The number of benzene rings is 2. The van der Waals surface area contributed by atoms with Gasteiger partial charge < -0.3 is 10.1 Å². The fourth-order valence-electron chi connectivity index (χ4n) is 2.78. The van der Waals surface area contributed by atoms with E-state index < -0.39 is 18.0 Å². The van der Waals surface area contributed by atoms with Crippen LogP contribution in [-0.2, 0) is 20.7 Å². The van der Waals surface area contributed by atoms with Gasteiger partial charge in [-0.3, -0.25) is 14.4 Å². The van der Waals surface area contributed by atoms with Crippen molar-refractivity contribution in [2.45, 2.75) is 39.2 Å². The van der Waals surface area contributed by atoms with E-state index in [0.29, 0.717) is 24.1 Å². The maximum atomic E-state index is 12.2. The number of carbonyl (C=O) groups is 3. The van der Waals surface area contributed by atoms with Gasteiger partial charge in [-0.05, 0) is 51.0 Å². The first-order valence-corrected chi connectivity index (χ1v) is 10.2. The number of carbonyl (C=O) groups excluding carboxylic acids is 3. The lowest BCUT2D eigenvalue weighted by Gasteiger charge is -2.13. The molecule has 2 aromatic carbocycles. The van der Waals surface area contributed by atoms with Gasteiger partial charge in [0.1, 0.15) is 0 Å². The minimum Gasteiger partial charge on any atom is -0.453 e. The molecule has 0 radical (unpaired) electrons. The van der Waals surface area contributed by atoms with Gasteiger partial charge in [0, 0.05) is 17.7 Å². The molecule has 6 nitrogen and oxygen atoms in total. The monoisotopic (exact) mass is 410 g/mol. The Morgan fingerprint density at radius 3 is 2.69 bits per heavy atom. The number of nitrogens with one attached hydrogen (secondary N) is 1. The number of para-hydroxylation sites is 1. The van der Waals surface area contributed by atoms with Crippen molar-refractivity contribution >= 4 is 44.9 Å². The number of rotatable bonds is 8. The van der Waals surface area contributed by atoms with Crippen molar-refractivity contribution in [2.75, 3.05) is 5.32 Å². The molecule has 0 fully saturated rings. The molecule has 0 saturated heterocycles. The second kappa shape index (κ2) is 9.43. The zero-order valence-corrected chi connectivity index (χ0v) is 17.1. The van der Waals surface area contributed by atoms with Gasteiger partial charge in [0.25, 0.3) is 5.91 Å². The van der Waals surface area contributed by atoms with Crippen molar-refractivity contribution in [1.29, 1.82) is 0 Å². The van der Waals surface area contributed by atoms with Gasteiger partial charge in [0.05, 0.1) is 15.2 Å². The zero-order valence-electron chi connectivity index (χ0n) is 16.3. The van der Waals surface area contributed by atoms with Crippen LogP contribution >= 0.6 is 11.3 Å². The molecule has 150 valence electrons. The third-order valence-corrected chi connectivity index (χ3v) is 5.42. The van der Waals surface area contributed by atoms with Gasteiger partial charge in [0.2, 0.25) is 0 Å². The molecule has 1 N–H and O–H groups in total. The van der Waals surface area contributed by atoms with Gasteiger partial charge >= 0.3 is 5.97 Å². The number of aromatic nitrogens is 1. The molecular formula is C22H22N2O4S. The predicted molar refractivity (Wildman–Crippen MR) is 113 cm³/mol. The van der Waals surface area contributed by atoms with Crippen molar-refractivity contribution in [3.63, 3.8) is 0 Å². The molecule has 1 heterocycles. The molecule has 1 aromatic heterocycles. The van der Waals surface area contributed by atoms with E-state index in [1.165, 1.54) is 13.8 Å². The van der Waals surface area contributed by atoms with Gasteiger partial charge in [0.15, 0.2) is 11.9 Å². The second-order valence-corrected chi connectivity index (χ2v) is 7.80. The summed E-state index contributed by atoms with van der Waals surface area (Å²) in [7, 11) is 0. The number of ketones is 1. The maximum absolute atomic E-state index is 12.2. The highest BCUT2D eigenvalue weighted by Crippen LogP contribution is 2.22. The summed E-state index contributed by atoms with van der Waals surface area (Å²) in [6, 6.07) is 14.5. The molecule has 3 rings (SSSR count). The number of ether oxygens (including phenoxy) is 1. The summed E-state index contributed by atoms with van der Waals surface area (Å²) in [5, 5.41) is 3.64. The van der Waals surface area contributed by atoms with Crippen LogP contribution in [0.3, 0.4) is 0 Å². The molecule has 29 heavy (non-hydrogen) atoms. The Hall–Kier alpha value is -3.06. The van der Waals surface area contributed by atoms with Crippen molar-refractivity contribution < 1.29 is 19.1 Å². The van der Waals surface area contributed by atoms with Gasteiger partial charge in [-0.25, -0.2) is 4.98 Å². The van der Waals surface area contributed by atoms with Crippen LogP contribution < -0.4 is 5.32 Å². The minimum absolute atomic E-state index is 0.0892. The van der Waals surface area contributed by atoms with Crippen molar-refractivity contribution in [1.82, 2.24) is 4.98 Å². The van der Waals surface area contributed by atoms with E-state index in [2.05, 4.69) is 10.3 Å². The van der Waals surface area contributed by atoms with Crippen LogP contribution in [0.2, 0.25) is 0 Å². The average molecular weight is 410 g/mol. The van der Waals surface area contributed by atoms with Gasteiger partial charge in [-0.2, -0.15) is 0 Å². The molecule has 0 aliphatic carbocycles. The van der Waals surface area contributed by atoms with E-state index >= 15 is 0 Å². The second-order valence-electron chi connectivity index (χ2n) is 6.69. The Morgan fingerprint density at radius 1 is 1.14 bits per heavy atom. The molecule has 7 heteroatoms. The number of fused-ring (bicyclic) bond motifs is 1. The van der Waals surface area contributed by atoms with Crippen LogP contribution in [0.15, 0.2) is 48.5 Å². The minimum atomic E-state index is -0.925. The molecule has 0 unspecified atom stereocenters. The predicted octanol–water partition coefficient (Wildman–Crippen LogP) is 4.39.